The van der Waals surface area contributed by atoms with Gasteiger partial charge in [-0.2, -0.15) is 0 Å². The van der Waals surface area contributed by atoms with E-state index in [1.54, 1.807) is 0 Å². The van der Waals surface area contributed by atoms with Crippen LogP contribution in [0.2, 0.25) is 0 Å². The van der Waals surface area contributed by atoms with Gasteiger partial charge in [0.05, 0.1) is 5.54 Å². The number of hydrogen-bond donors (Lipinski definition) is 2. The molecule has 4 nitrogen and oxygen atoms in total. The van der Waals surface area contributed by atoms with Gasteiger partial charge in [0, 0.05) is 12.6 Å². The predicted octanol–water partition coefficient (Wildman–Crippen LogP) is 1.74. The standard InChI is InChI=1S/C15H31N3O/c1-5-17-15(4,14(16)19)10-12(3)18(6-2)11-13-8-7-9-13/h12-13,17H,5-11H2,1-4H3,(H2,16,19). The summed E-state index contributed by atoms with van der Waals surface area (Å²) in [7, 11) is 0. The number of nitrogens with two attached hydrogens (primary N) is 1. The highest BCUT2D eigenvalue weighted by Gasteiger charge is 2.34. The fourth-order valence-electron chi connectivity index (χ4n) is 3.00. The lowest BCUT2D eigenvalue weighted by Crippen LogP contribution is -2.56. The molecule has 2 unspecified atom stereocenters. The van der Waals surface area contributed by atoms with Gasteiger partial charge >= 0.3 is 0 Å². The van der Waals surface area contributed by atoms with Gasteiger partial charge in [-0.25, -0.2) is 0 Å². The van der Waals surface area contributed by atoms with Gasteiger partial charge in [-0.3, -0.25) is 4.79 Å². The summed E-state index contributed by atoms with van der Waals surface area (Å²) in [5, 5.41) is 3.25. The fraction of sp³-hybridized carbons (Fsp3) is 0.933. The van der Waals surface area contributed by atoms with E-state index in [0.717, 1.165) is 25.4 Å². The van der Waals surface area contributed by atoms with E-state index >= 15 is 0 Å². The van der Waals surface area contributed by atoms with Gasteiger partial charge in [0.2, 0.25) is 5.91 Å². The lowest BCUT2D eigenvalue weighted by molar-refractivity contribution is -0.124. The normalized spacial score (nSPS) is 20.9. The smallest absolute Gasteiger partial charge is 0.237 e. The van der Waals surface area contributed by atoms with Crippen molar-refractivity contribution in [2.75, 3.05) is 19.6 Å². The molecule has 3 N–H and O–H groups in total. The molecule has 1 amide bonds. The second kappa shape index (κ2) is 7.25. The van der Waals surface area contributed by atoms with Crippen molar-refractivity contribution in [3.8, 4) is 0 Å². The van der Waals surface area contributed by atoms with E-state index in [-0.39, 0.29) is 5.91 Å². The molecule has 1 aliphatic rings. The fourth-order valence-corrected chi connectivity index (χ4v) is 3.00. The Bertz CT molecular complexity index is 291. The van der Waals surface area contributed by atoms with Gasteiger partial charge in [0.25, 0.3) is 0 Å². The Kier molecular flexibility index (Phi) is 6.27. The monoisotopic (exact) mass is 269 g/mol. The number of hydrogen-bond acceptors (Lipinski definition) is 3. The van der Waals surface area contributed by atoms with Gasteiger partial charge in [0.1, 0.15) is 0 Å². The van der Waals surface area contributed by atoms with Crippen molar-refractivity contribution < 1.29 is 4.79 Å². The van der Waals surface area contributed by atoms with Crippen LogP contribution in [0.1, 0.15) is 53.4 Å². The lowest BCUT2D eigenvalue weighted by atomic mass is 9.84. The van der Waals surface area contributed by atoms with E-state index in [1.807, 2.05) is 13.8 Å². The summed E-state index contributed by atoms with van der Waals surface area (Å²) in [6.45, 7) is 11.3. The quantitative estimate of drug-likeness (QED) is 0.670. The molecule has 0 radical (unpaired) electrons. The van der Waals surface area contributed by atoms with E-state index in [1.165, 1.54) is 25.8 Å². The third-order valence-electron chi connectivity index (χ3n) is 4.56. The number of nitrogens with zero attached hydrogens (tertiary/aromatic N) is 1. The third kappa shape index (κ3) is 4.46. The topological polar surface area (TPSA) is 58.4 Å². The minimum absolute atomic E-state index is 0.249. The van der Waals surface area contributed by atoms with Crippen LogP contribution in [0.25, 0.3) is 0 Å². The summed E-state index contributed by atoms with van der Waals surface area (Å²) in [5.41, 5.74) is 4.97. The van der Waals surface area contributed by atoms with E-state index < -0.39 is 5.54 Å². The van der Waals surface area contributed by atoms with Gasteiger partial charge in [-0.15, -0.1) is 0 Å². The van der Waals surface area contributed by atoms with Gasteiger partial charge in [-0.05, 0) is 52.1 Å². The Labute approximate surface area is 118 Å². The maximum Gasteiger partial charge on any atom is 0.237 e. The molecule has 1 saturated carbocycles. The Balaban J connectivity index is 2.57. The molecule has 0 heterocycles. The van der Waals surface area contributed by atoms with Crippen LogP contribution in [0.5, 0.6) is 0 Å². The van der Waals surface area contributed by atoms with Crippen LogP contribution >= 0.6 is 0 Å². The van der Waals surface area contributed by atoms with Crippen molar-refractivity contribution in [1.82, 2.24) is 10.2 Å². The van der Waals surface area contributed by atoms with Crippen LogP contribution in [-0.2, 0) is 4.79 Å². The van der Waals surface area contributed by atoms with Crippen LogP contribution in [0, 0.1) is 5.92 Å². The molecular formula is C15H31N3O. The Morgan fingerprint density at radius 1 is 1.47 bits per heavy atom. The second-order valence-corrected chi connectivity index (χ2v) is 6.16. The number of carbonyl (C=O) groups is 1. The van der Waals surface area contributed by atoms with E-state index in [9.17, 15) is 4.79 Å². The molecule has 112 valence electrons. The van der Waals surface area contributed by atoms with E-state index in [2.05, 4.69) is 24.1 Å². The Morgan fingerprint density at radius 3 is 2.47 bits per heavy atom. The molecule has 0 aromatic carbocycles. The maximum atomic E-state index is 11.7. The molecule has 0 bridgehead atoms. The van der Waals surface area contributed by atoms with Crippen molar-refractivity contribution in [2.45, 2.75) is 65.0 Å². The summed E-state index contributed by atoms with van der Waals surface area (Å²) in [4.78, 5) is 14.2. The molecule has 19 heavy (non-hydrogen) atoms. The molecule has 1 fully saturated rings. The van der Waals surface area contributed by atoms with Gasteiger partial charge < -0.3 is 16.0 Å². The molecule has 2 atom stereocenters. The van der Waals surface area contributed by atoms with Crippen LogP contribution in [0.15, 0.2) is 0 Å². The Hall–Kier alpha value is -0.610. The van der Waals surface area contributed by atoms with Crippen molar-refractivity contribution in [2.24, 2.45) is 11.7 Å². The molecule has 0 aromatic heterocycles. The lowest BCUT2D eigenvalue weighted by Gasteiger charge is -2.38. The average Bonchev–Trinajstić information content (AvgIpc) is 2.27. The number of rotatable bonds is 9. The SMILES string of the molecule is CCNC(C)(CC(C)N(CC)CC1CCC1)C(N)=O. The molecule has 0 aromatic rings. The minimum atomic E-state index is -0.596. The summed E-state index contributed by atoms with van der Waals surface area (Å²) >= 11 is 0. The second-order valence-electron chi connectivity index (χ2n) is 6.16. The maximum absolute atomic E-state index is 11.7. The van der Waals surface area contributed by atoms with Crippen molar-refractivity contribution >= 4 is 5.91 Å². The summed E-state index contributed by atoms with van der Waals surface area (Å²) in [6.07, 6.45) is 4.89. The number of primary amides is 1. The van der Waals surface area contributed by atoms with Crippen molar-refractivity contribution in [3.05, 3.63) is 0 Å². The summed E-state index contributed by atoms with van der Waals surface area (Å²) in [5.74, 6) is 0.613. The zero-order chi connectivity index (χ0) is 14.5. The van der Waals surface area contributed by atoms with Crippen molar-refractivity contribution in [1.29, 1.82) is 0 Å². The minimum Gasteiger partial charge on any atom is -0.368 e. The Morgan fingerprint density at radius 2 is 2.11 bits per heavy atom. The zero-order valence-corrected chi connectivity index (χ0v) is 13.0. The summed E-state index contributed by atoms with van der Waals surface area (Å²) < 4.78 is 0. The largest absolute Gasteiger partial charge is 0.368 e. The molecule has 0 aliphatic heterocycles. The first-order valence-electron chi connectivity index (χ1n) is 7.72. The first-order chi connectivity index (χ1) is 8.92. The molecule has 1 rings (SSSR count). The first-order valence-corrected chi connectivity index (χ1v) is 7.72. The number of carbonyl (C=O) groups excluding carboxylic acids is 1. The van der Waals surface area contributed by atoms with E-state index in [4.69, 9.17) is 5.73 Å². The molecule has 4 heteroatoms. The molecule has 0 saturated heterocycles. The average molecular weight is 269 g/mol. The van der Waals surface area contributed by atoms with Crippen LogP contribution in [0.4, 0.5) is 0 Å². The molecule has 1 aliphatic carbocycles. The summed E-state index contributed by atoms with van der Waals surface area (Å²) in [6, 6.07) is 0.377. The zero-order valence-electron chi connectivity index (χ0n) is 13.0. The van der Waals surface area contributed by atoms with Crippen LogP contribution < -0.4 is 11.1 Å². The third-order valence-corrected chi connectivity index (χ3v) is 4.56. The number of likely N-dealkylation sites (N-methyl/N-ethyl adjacent to an activating group) is 1. The highest BCUT2D eigenvalue weighted by atomic mass is 16.1. The molecule has 0 spiro atoms. The molecular weight excluding hydrogens is 238 g/mol. The van der Waals surface area contributed by atoms with Crippen LogP contribution in [-0.4, -0.2) is 42.0 Å². The highest BCUT2D eigenvalue weighted by molar-refractivity contribution is 5.84. The number of amides is 1. The number of nitrogens with one attached hydrogen (secondary N) is 1. The van der Waals surface area contributed by atoms with Crippen molar-refractivity contribution in [3.63, 3.8) is 0 Å². The van der Waals surface area contributed by atoms with Gasteiger partial charge in [-0.1, -0.05) is 20.3 Å². The van der Waals surface area contributed by atoms with E-state index in [0.29, 0.717) is 6.04 Å². The highest BCUT2D eigenvalue weighted by Crippen LogP contribution is 2.28. The van der Waals surface area contributed by atoms with Crippen LogP contribution in [0.3, 0.4) is 0 Å². The first kappa shape index (κ1) is 16.4. The van der Waals surface area contributed by atoms with Gasteiger partial charge in [0.15, 0.2) is 0 Å². The predicted molar refractivity (Wildman–Crippen MR) is 79.9 cm³/mol.